The van der Waals surface area contributed by atoms with Gasteiger partial charge in [-0.25, -0.2) is 0 Å². The third-order valence-electron chi connectivity index (χ3n) is 3.74. The molecule has 112 valence electrons. The van der Waals surface area contributed by atoms with Crippen molar-refractivity contribution >= 4 is 11.6 Å². The molecule has 4 nitrogen and oxygen atoms in total. The lowest BCUT2D eigenvalue weighted by Gasteiger charge is -2.17. The number of rotatable bonds is 1. The number of halogens is 2. The van der Waals surface area contributed by atoms with Crippen LogP contribution >= 0.6 is 0 Å². The second-order valence-corrected chi connectivity index (χ2v) is 5.25. The van der Waals surface area contributed by atoms with Gasteiger partial charge in [0.2, 0.25) is 5.91 Å². The van der Waals surface area contributed by atoms with E-state index in [4.69, 9.17) is 0 Å². The van der Waals surface area contributed by atoms with Crippen molar-refractivity contribution in [1.29, 1.82) is 0 Å². The first kappa shape index (κ1) is 13.1. The highest BCUT2D eigenvalue weighted by Crippen LogP contribution is 2.43. The summed E-state index contributed by atoms with van der Waals surface area (Å²) in [4.78, 5) is 11.4. The molecule has 0 radical (unpaired) electrons. The summed E-state index contributed by atoms with van der Waals surface area (Å²) in [5, 5.41) is 2.81. The van der Waals surface area contributed by atoms with Crippen LogP contribution in [-0.4, -0.2) is 12.2 Å². The van der Waals surface area contributed by atoms with Crippen LogP contribution < -0.4 is 14.8 Å². The van der Waals surface area contributed by atoms with Crippen molar-refractivity contribution in [1.82, 2.24) is 0 Å². The minimum Gasteiger partial charge on any atom is -0.395 e. The average Bonchev–Trinajstić information content (AvgIpc) is 2.79. The molecule has 0 fully saturated rings. The summed E-state index contributed by atoms with van der Waals surface area (Å²) in [5.41, 5.74) is 3.45. The number of alkyl halides is 2. The minimum atomic E-state index is -3.61. The van der Waals surface area contributed by atoms with E-state index in [-0.39, 0.29) is 17.4 Å². The van der Waals surface area contributed by atoms with Crippen molar-refractivity contribution in [3.63, 3.8) is 0 Å². The van der Waals surface area contributed by atoms with E-state index in [0.29, 0.717) is 12.8 Å². The van der Waals surface area contributed by atoms with Gasteiger partial charge in [0.1, 0.15) is 0 Å². The summed E-state index contributed by atoms with van der Waals surface area (Å²) in [6, 6.07) is 10.3. The highest BCUT2D eigenvalue weighted by atomic mass is 19.3. The number of nitrogens with one attached hydrogen (secondary N) is 1. The van der Waals surface area contributed by atoms with Gasteiger partial charge in [-0.1, -0.05) is 12.1 Å². The first-order valence-electron chi connectivity index (χ1n) is 6.83. The Balaban J connectivity index is 1.70. The van der Waals surface area contributed by atoms with Crippen LogP contribution in [0.3, 0.4) is 0 Å². The standard InChI is InChI=1S/C16H11F2NO3/c17-16(18)21-13-5-2-10(8-14(13)22-16)9-1-4-12-11(7-9)3-6-15(20)19-12/h1-2,4-5,7-8H,3,6H2,(H,19,20). The van der Waals surface area contributed by atoms with Crippen molar-refractivity contribution < 1.29 is 23.0 Å². The van der Waals surface area contributed by atoms with Gasteiger partial charge in [-0.3, -0.25) is 4.79 Å². The van der Waals surface area contributed by atoms with E-state index in [2.05, 4.69) is 14.8 Å². The van der Waals surface area contributed by atoms with Crippen LogP contribution in [-0.2, 0) is 11.2 Å². The molecule has 2 aliphatic heterocycles. The van der Waals surface area contributed by atoms with Gasteiger partial charge in [-0.05, 0) is 47.4 Å². The van der Waals surface area contributed by atoms with E-state index in [1.165, 1.54) is 12.1 Å². The lowest BCUT2D eigenvalue weighted by atomic mass is 9.97. The second-order valence-electron chi connectivity index (χ2n) is 5.25. The Morgan fingerprint density at radius 2 is 1.68 bits per heavy atom. The van der Waals surface area contributed by atoms with Gasteiger partial charge >= 0.3 is 6.29 Å². The molecule has 1 N–H and O–H groups in total. The highest BCUT2D eigenvalue weighted by molar-refractivity contribution is 5.94. The maximum atomic E-state index is 13.0. The number of fused-ring (bicyclic) bond motifs is 2. The van der Waals surface area contributed by atoms with Gasteiger partial charge in [-0.15, -0.1) is 8.78 Å². The molecule has 1 amide bonds. The van der Waals surface area contributed by atoms with Gasteiger partial charge in [0.05, 0.1) is 0 Å². The van der Waals surface area contributed by atoms with E-state index < -0.39 is 6.29 Å². The zero-order valence-corrected chi connectivity index (χ0v) is 11.4. The highest BCUT2D eigenvalue weighted by Gasteiger charge is 2.43. The number of benzene rings is 2. The minimum absolute atomic E-state index is 0.00515. The molecule has 22 heavy (non-hydrogen) atoms. The van der Waals surface area contributed by atoms with Crippen molar-refractivity contribution in [2.45, 2.75) is 19.1 Å². The van der Waals surface area contributed by atoms with Crippen LogP contribution in [0.4, 0.5) is 14.5 Å². The molecular weight excluding hydrogens is 292 g/mol. The van der Waals surface area contributed by atoms with Gasteiger partial charge in [0.15, 0.2) is 11.5 Å². The molecular formula is C16H11F2NO3. The van der Waals surface area contributed by atoms with Gasteiger partial charge in [0, 0.05) is 12.1 Å². The van der Waals surface area contributed by atoms with Crippen LogP contribution in [0.1, 0.15) is 12.0 Å². The number of hydrogen-bond donors (Lipinski definition) is 1. The molecule has 0 spiro atoms. The van der Waals surface area contributed by atoms with Crippen LogP contribution in [0.25, 0.3) is 11.1 Å². The number of aryl methyl sites for hydroxylation is 1. The Morgan fingerprint density at radius 1 is 0.955 bits per heavy atom. The predicted octanol–water partition coefficient (Wildman–Crippen LogP) is 3.56. The van der Waals surface area contributed by atoms with E-state index in [0.717, 1.165) is 22.4 Å². The predicted molar refractivity (Wildman–Crippen MR) is 75.0 cm³/mol. The van der Waals surface area contributed by atoms with Crippen molar-refractivity contribution in [2.75, 3.05) is 5.32 Å². The number of carbonyl (C=O) groups excluding carboxylic acids is 1. The van der Waals surface area contributed by atoms with E-state index in [1.54, 1.807) is 6.07 Å². The molecule has 0 aliphatic carbocycles. The number of carbonyl (C=O) groups is 1. The monoisotopic (exact) mass is 303 g/mol. The summed E-state index contributed by atoms with van der Waals surface area (Å²) >= 11 is 0. The van der Waals surface area contributed by atoms with Crippen molar-refractivity contribution in [2.24, 2.45) is 0 Å². The molecule has 6 heteroatoms. The molecule has 0 atom stereocenters. The lowest BCUT2D eigenvalue weighted by Crippen LogP contribution is -2.25. The van der Waals surface area contributed by atoms with Crippen molar-refractivity contribution in [3.8, 4) is 22.6 Å². The third-order valence-corrected chi connectivity index (χ3v) is 3.74. The summed E-state index contributed by atoms with van der Waals surface area (Å²) in [6.45, 7) is 0. The van der Waals surface area contributed by atoms with Crippen LogP contribution in [0.5, 0.6) is 11.5 Å². The maximum absolute atomic E-state index is 13.0. The Labute approximate surface area is 124 Å². The summed E-state index contributed by atoms with van der Waals surface area (Å²) in [5.74, 6) is 0.0538. The van der Waals surface area contributed by atoms with Gasteiger partial charge in [-0.2, -0.15) is 0 Å². The molecule has 2 aliphatic rings. The van der Waals surface area contributed by atoms with E-state index >= 15 is 0 Å². The Morgan fingerprint density at radius 3 is 2.55 bits per heavy atom. The average molecular weight is 303 g/mol. The summed E-state index contributed by atoms with van der Waals surface area (Å²) in [7, 11) is 0. The molecule has 2 heterocycles. The first-order valence-corrected chi connectivity index (χ1v) is 6.83. The number of amides is 1. The smallest absolute Gasteiger partial charge is 0.395 e. The normalized spacial score (nSPS) is 17.8. The Kier molecular flexibility index (Phi) is 2.63. The molecule has 0 bridgehead atoms. The molecule has 0 saturated heterocycles. The molecule has 2 aromatic rings. The second kappa shape index (κ2) is 4.43. The Hall–Kier alpha value is -2.63. The third kappa shape index (κ3) is 2.16. The summed E-state index contributed by atoms with van der Waals surface area (Å²) in [6.07, 6.45) is -2.50. The molecule has 2 aromatic carbocycles. The number of ether oxygens (including phenoxy) is 2. The van der Waals surface area contributed by atoms with Crippen molar-refractivity contribution in [3.05, 3.63) is 42.0 Å². The number of anilines is 1. The topological polar surface area (TPSA) is 47.6 Å². The molecule has 0 unspecified atom stereocenters. The molecule has 4 rings (SSSR count). The van der Waals surface area contributed by atoms with Gasteiger partial charge in [0.25, 0.3) is 0 Å². The van der Waals surface area contributed by atoms with Crippen LogP contribution in [0, 0.1) is 0 Å². The number of hydrogen-bond acceptors (Lipinski definition) is 3. The lowest BCUT2D eigenvalue weighted by molar-refractivity contribution is -0.286. The van der Waals surface area contributed by atoms with E-state index in [9.17, 15) is 13.6 Å². The SMILES string of the molecule is O=C1CCc2cc(-c3ccc4c(c3)OC(F)(F)O4)ccc2N1. The largest absolute Gasteiger partial charge is 0.586 e. The Bertz CT molecular complexity index is 789. The van der Waals surface area contributed by atoms with Gasteiger partial charge < -0.3 is 14.8 Å². The fraction of sp³-hybridized carbons (Fsp3) is 0.188. The fourth-order valence-electron chi connectivity index (χ4n) is 2.69. The zero-order chi connectivity index (χ0) is 15.3. The summed E-state index contributed by atoms with van der Waals surface area (Å²) < 4.78 is 35.0. The zero-order valence-electron chi connectivity index (χ0n) is 11.4. The van der Waals surface area contributed by atoms with Crippen LogP contribution in [0.15, 0.2) is 36.4 Å². The molecule has 0 aromatic heterocycles. The molecule has 0 saturated carbocycles. The van der Waals surface area contributed by atoms with E-state index in [1.807, 2.05) is 18.2 Å². The quantitative estimate of drug-likeness (QED) is 0.876. The fourth-order valence-corrected chi connectivity index (χ4v) is 2.69. The first-order chi connectivity index (χ1) is 10.5. The van der Waals surface area contributed by atoms with Crippen LogP contribution in [0.2, 0.25) is 0 Å². The maximum Gasteiger partial charge on any atom is 0.586 e.